The van der Waals surface area contributed by atoms with Crippen LogP contribution in [0.3, 0.4) is 0 Å². The molecule has 1 atom stereocenters. The normalized spacial score (nSPS) is 12.5. The van der Waals surface area contributed by atoms with Crippen molar-refractivity contribution in [3.8, 4) is 6.07 Å². The van der Waals surface area contributed by atoms with Gasteiger partial charge in [-0.25, -0.2) is 0 Å². The van der Waals surface area contributed by atoms with Gasteiger partial charge in [0.25, 0.3) is 0 Å². The van der Waals surface area contributed by atoms with Crippen LogP contribution < -0.4 is 0 Å². The lowest BCUT2D eigenvalue weighted by atomic mass is 10.1. The Morgan fingerprint density at radius 2 is 2.50 bits per heavy atom. The maximum absolute atomic E-state index is 8.47. The van der Waals surface area contributed by atoms with Crippen LogP contribution in [0.4, 0.5) is 0 Å². The van der Waals surface area contributed by atoms with Crippen LogP contribution in [0.15, 0.2) is 10.6 Å². The number of nitrogens with zero attached hydrogens (tertiary/aromatic N) is 2. The van der Waals surface area contributed by atoms with Gasteiger partial charge in [0.1, 0.15) is 11.5 Å². The molecule has 0 fully saturated rings. The second kappa shape index (κ2) is 2.53. The van der Waals surface area contributed by atoms with E-state index >= 15 is 0 Å². The van der Waals surface area contributed by atoms with Gasteiger partial charge in [0.15, 0.2) is 0 Å². The van der Waals surface area contributed by atoms with Crippen molar-refractivity contribution >= 4 is 0 Å². The average molecular weight is 136 g/mol. The van der Waals surface area contributed by atoms with Crippen molar-refractivity contribution in [3.63, 3.8) is 0 Å². The first kappa shape index (κ1) is 6.81. The Bertz CT molecular complexity index is 259. The minimum atomic E-state index is -0.169. The zero-order valence-corrected chi connectivity index (χ0v) is 5.96. The van der Waals surface area contributed by atoms with Crippen molar-refractivity contribution in [2.24, 2.45) is 0 Å². The summed E-state index contributed by atoms with van der Waals surface area (Å²) >= 11 is 0. The Morgan fingerprint density at radius 3 is 2.90 bits per heavy atom. The maximum Gasteiger partial charge on any atom is 0.133 e. The van der Waals surface area contributed by atoms with Gasteiger partial charge in [-0.3, -0.25) is 0 Å². The molecule has 0 saturated heterocycles. The Hall–Kier alpha value is -1.30. The lowest BCUT2D eigenvalue weighted by Crippen LogP contribution is -1.87. The molecule has 1 aromatic rings. The van der Waals surface area contributed by atoms with Crippen molar-refractivity contribution in [1.82, 2.24) is 5.16 Å². The molecule has 52 valence electrons. The predicted octanol–water partition coefficient (Wildman–Crippen LogP) is 1.61. The molecule has 10 heavy (non-hydrogen) atoms. The molecule has 1 unspecified atom stereocenters. The van der Waals surface area contributed by atoms with Crippen molar-refractivity contribution in [2.75, 3.05) is 0 Å². The van der Waals surface area contributed by atoms with Gasteiger partial charge in [0, 0.05) is 6.07 Å². The molecular formula is C7H8N2O. The lowest BCUT2D eigenvalue weighted by molar-refractivity contribution is 0.389. The van der Waals surface area contributed by atoms with E-state index in [0.29, 0.717) is 5.69 Å². The SMILES string of the molecule is Cc1cc(C(C)C#N)no1. The highest BCUT2D eigenvalue weighted by Crippen LogP contribution is 2.12. The minimum Gasteiger partial charge on any atom is -0.361 e. The summed E-state index contributed by atoms with van der Waals surface area (Å²) in [5.41, 5.74) is 0.708. The summed E-state index contributed by atoms with van der Waals surface area (Å²) in [7, 11) is 0. The monoisotopic (exact) mass is 136 g/mol. The van der Waals surface area contributed by atoms with Crippen molar-refractivity contribution < 1.29 is 4.52 Å². The molecule has 0 amide bonds. The number of nitriles is 1. The highest BCUT2D eigenvalue weighted by molar-refractivity contribution is 5.14. The summed E-state index contributed by atoms with van der Waals surface area (Å²) in [5, 5.41) is 12.2. The average Bonchev–Trinajstić information content (AvgIpc) is 2.34. The number of rotatable bonds is 1. The van der Waals surface area contributed by atoms with E-state index in [0.717, 1.165) is 5.76 Å². The molecule has 0 aliphatic carbocycles. The molecule has 1 rings (SSSR count). The predicted molar refractivity (Wildman–Crippen MR) is 35.3 cm³/mol. The smallest absolute Gasteiger partial charge is 0.133 e. The van der Waals surface area contributed by atoms with E-state index in [2.05, 4.69) is 11.2 Å². The van der Waals surface area contributed by atoms with E-state index in [-0.39, 0.29) is 5.92 Å². The van der Waals surface area contributed by atoms with Gasteiger partial charge in [0.05, 0.1) is 12.0 Å². The summed E-state index contributed by atoms with van der Waals surface area (Å²) in [6, 6.07) is 3.84. The number of hydrogen-bond donors (Lipinski definition) is 0. The summed E-state index contributed by atoms with van der Waals surface area (Å²) in [6.45, 7) is 3.60. The van der Waals surface area contributed by atoms with E-state index in [4.69, 9.17) is 9.78 Å². The van der Waals surface area contributed by atoms with Crippen LogP contribution in [0.1, 0.15) is 24.3 Å². The third-order valence-corrected chi connectivity index (χ3v) is 1.28. The van der Waals surface area contributed by atoms with E-state index in [1.54, 1.807) is 19.9 Å². The molecule has 3 nitrogen and oxygen atoms in total. The molecule has 0 aromatic carbocycles. The Balaban J connectivity index is 2.87. The van der Waals surface area contributed by atoms with Crippen molar-refractivity contribution in [2.45, 2.75) is 19.8 Å². The van der Waals surface area contributed by atoms with Gasteiger partial charge in [-0.15, -0.1) is 0 Å². The molecule has 3 heteroatoms. The van der Waals surface area contributed by atoms with Gasteiger partial charge in [-0.05, 0) is 13.8 Å². The molecule has 0 aliphatic rings. The molecule has 0 radical (unpaired) electrons. The fraction of sp³-hybridized carbons (Fsp3) is 0.429. The minimum absolute atomic E-state index is 0.169. The van der Waals surface area contributed by atoms with E-state index in [1.165, 1.54) is 0 Å². The topological polar surface area (TPSA) is 49.8 Å². The molecule has 0 spiro atoms. The molecule has 1 aromatic heterocycles. The third-order valence-electron chi connectivity index (χ3n) is 1.28. The maximum atomic E-state index is 8.47. The lowest BCUT2D eigenvalue weighted by Gasteiger charge is -1.89. The first-order chi connectivity index (χ1) is 4.74. The molecule has 0 bridgehead atoms. The quantitative estimate of drug-likeness (QED) is 0.589. The first-order valence-electron chi connectivity index (χ1n) is 3.07. The van der Waals surface area contributed by atoms with Crippen LogP contribution in [0, 0.1) is 18.3 Å². The zero-order chi connectivity index (χ0) is 7.56. The largest absolute Gasteiger partial charge is 0.361 e. The van der Waals surface area contributed by atoms with Crippen LogP contribution in [0.25, 0.3) is 0 Å². The van der Waals surface area contributed by atoms with E-state index < -0.39 is 0 Å². The summed E-state index contributed by atoms with van der Waals surface area (Å²) < 4.78 is 4.79. The van der Waals surface area contributed by atoms with Crippen LogP contribution in [-0.2, 0) is 0 Å². The van der Waals surface area contributed by atoms with Crippen LogP contribution in [0.5, 0.6) is 0 Å². The second-order valence-electron chi connectivity index (χ2n) is 2.21. The van der Waals surface area contributed by atoms with Crippen molar-refractivity contribution in [1.29, 1.82) is 5.26 Å². The zero-order valence-electron chi connectivity index (χ0n) is 5.96. The molecule has 1 heterocycles. The number of aryl methyl sites for hydroxylation is 1. The highest BCUT2D eigenvalue weighted by Gasteiger charge is 2.07. The van der Waals surface area contributed by atoms with E-state index in [1.807, 2.05) is 0 Å². The molecular weight excluding hydrogens is 128 g/mol. The summed E-state index contributed by atoms with van der Waals surface area (Å²) in [6.07, 6.45) is 0. The standard InChI is InChI=1S/C7H8N2O/c1-5(4-8)7-3-6(2)10-9-7/h3,5H,1-2H3. The summed E-state index contributed by atoms with van der Waals surface area (Å²) in [4.78, 5) is 0. The van der Waals surface area contributed by atoms with Gasteiger partial charge in [-0.2, -0.15) is 5.26 Å². The Kier molecular flexibility index (Phi) is 1.72. The molecule has 0 saturated carbocycles. The summed E-state index contributed by atoms with van der Waals surface area (Å²) in [5.74, 6) is 0.578. The van der Waals surface area contributed by atoms with Gasteiger partial charge >= 0.3 is 0 Å². The highest BCUT2D eigenvalue weighted by atomic mass is 16.5. The fourth-order valence-corrected chi connectivity index (χ4v) is 0.656. The number of hydrogen-bond acceptors (Lipinski definition) is 3. The Labute approximate surface area is 59.2 Å². The van der Waals surface area contributed by atoms with Crippen molar-refractivity contribution in [3.05, 3.63) is 17.5 Å². The van der Waals surface area contributed by atoms with Crippen LogP contribution in [-0.4, -0.2) is 5.16 Å². The molecule has 0 N–H and O–H groups in total. The van der Waals surface area contributed by atoms with E-state index in [9.17, 15) is 0 Å². The van der Waals surface area contributed by atoms with Gasteiger partial charge in [-0.1, -0.05) is 5.16 Å². The van der Waals surface area contributed by atoms with Crippen LogP contribution >= 0.6 is 0 Å². The third kappa shape index (κ3) is 1.16. The van der Waals surface area contributed by atoms with Gasteiger partial charge in [0.2, 0.25) is 0 Å². The Morgan fingerprint density at radius 1 is 1.80 bits per heavy atom. The van der Waals surface area contributed by atoms with Gasteiger partial charge < -0.3 is 4.52 Å². The second-order valence-corrected chi connectivity index (χ2v) is 2.21. The first-order valence-corrected chi connectivity index (χ1v) is 3.07. The molecule has 0 aliphatic heterocycles. The van der Waals surface area contributed by atoms with Crippen LogP contribution in [0.2, 0.25) is 0 Å². The number of aromatic nitrogens is 1. The fourth-order valence-electron chi connectivity index (χ4n) is 0.656.